The van der Waals surface area contributed by atoms with E-state index in [0.717, 1.165) is 11.1 Å². The van der Waals surface area contributed by atoms with Crippen LogP contribution in [0.5, 0.6) is 11.5 Å². The Labute approximate surface area is 171 Å². The van der Waals surface area contributed by atoms with Crippen molar-refractivity contribution < 1.29 is 19.3 Å². The van der Waals surface area contributed by atoms with Crippen LogP contribution < -0.4 is 9.47 Å². The zero-order valence-corrected chi connectivity index (χ0v) is 16.3. The third-order valence-corrected chi connectivity index (χ3v) is 4.06. The molecule has 0 bridgehead atoms. The molecule has 0 unspecified atom stereocenters. The number of methoxy groups -OCH3 is 2. The summed E-state index contributed by atoms with van der Waals surface area (Å²) >= 11 is 5.60. The molecule has 150 valence electrons. The largest absolute Gasteiger partial charge is 0.490 e. The molecule has 0 aliphatic heterocycles. The number of halogens is 1. The maximum absolute atomic E-state index is 10.8. The second-order valence-corrected chi connectivity index (χ2v) is 6.02. The van der Waals surface area contributed by atoms with Crippen LogP contribution in [-0.2, 0) is 0 Å². The predicted molar refractivity (Wildman–Crippen MR) is 110 cm³/mol. The van der Waals surface area contributed by atoms with E-state index in [1.807, 2.05) is 30.3 Å². The smallest absolute Gasteiger partial charge is 0.311 e. The lowest BCUT2D eigenvalue weighted by molar-refractivity contribution is -0.385. The molecule has 8 nitrogen and oxygen atoms in total. The molecule has 9 heteroatoms. The average molecular weight is 417 g/mol. The highest BCUT2D eigenvalue weighted by molar-refractivity contribution is 6.30. The second-order valence-electron chi connectivity index (χ2n) is 5.58. The summed E-state index contributed by atoms with van der Waals surface area (Å²) in [6.45, 7) is 0. The number of ether oxygens (including phenoxy) is 2. The molecule has 0 aliphatic carbocycles. The first-order chi connectivity index (χ1) is 13.9. The standard InChI is InChI=1S/C13H11NO3.C7H6ClNO3/c1-17-13-9-11(7-8-12(13)14(15)16)10-5-3-2-4-6-10;1-12-7-4-5(8)2-3-6(7)9(10)11/h2-9H,1H3;2-4H,1H3. The molecule has 3 aromatic rings. The third-order valence-electron chi connectivity index (χ3n) is 3.82. The molecule has 0 amide bonds. The normalized spacial score (nSPS) is 9.76. The fourth-order valence-electron chi connectivity index (χ4n) is 2.44. The Balaban J connectivity index is 0.000000221. The first-order valence-electron chi connectivity index (χ1n) is 8.23. The van der Waals surface area contributed by atoms with Crippen molar-refractivity contribution in [2.45, 2.75) is 0 Å². The van der Waals surface area contributed by atoms with E-state index in [0.29, 0.717) is 5.02 Å². The maximum Gasteiger partial charge on any atom is 0.311 e. The van der Waals surface area contributed by atoms with Gasteiger partial charge in [-0.2, -0.15) is 0 Å². The minimum Gasteiger partial charge on any atom is -0.490 e. The molecule has 0 saturated carbocycles. The van der Waals surface area contributed by atoms with Gasteiger partial charge in [0, 0.05) is 23.2 Å². The van der Waals surface area contributed by atoms with Crippen LogP contribution in [0.2, 0.25) is 5.02 Å². The maximum atomic E-state index is 10.8. The molecule has 29 heavy (non-hydrogen) atoms. The van der Waals surface area contributed by atoms with Gasteiger partial charge in [0.1, 0.15) is 0 Å². The number of rotatable bonds is 5. The summed E-state index contributed by atoms with van der Waals surface area (Å²) in [7, 11) is 2.79. The number of hydrogen-bond acceptors (Lipinski definition) is 6. The Morgan fingerprint density at radius 2 is 1.24 bits per heavy atom. The molecule has 0 aliphatic rings. The molecule has 0 N–H and O–H groups in total. The van der Waals surface area contributed by atoms with Gasteiger partial charge < -0.3 is 9.47 Å². The summed E-state index contributed by atoms with van der Waals surface area (Å²) in [4.78, 5) is 20.2. The fraction of sp³-hybridized carbons (Fsp3) is 0.100. The van der Waals surface area contributed by atoms with Crippen molar-refractivity contribution in [3.05, 3.63) is 92.0 Å². The zero-order valence-electron chi connectivity index (χ0n) is 15.6. The highest BCUT2D eigenvalue weighted by atomic mass is 35.5. The van der Waals surface area contributed by atoms with E-state index < -0.39 is 9.85 Å². The van der Waals surface area contributed by atoms with Gasteiger partial charge in [0.15, 0.2) is 11.5 Å². The summed E-state index contributed by atoms with van der Waals surface area (Å²) in [5, 5.41) is 21.5. The van der Waals surface area contributed by atoms with Crippen LogP contribution in [0.1, 0.15) is 0 Å². The highest BCUT2D eigenvalue weighted by Gasteiger charge is 2.15. The quantitative estimate of drug-likeness (QED) is 0.400. The molecule has 0 atom stereocenters. The van der Waals surface area contributed by atoms with Crippen molar-refractivity contribution in [1.29, 1.82) is 0 Å². The Bertz CT molecular complexity index is 1010. The van der Waals surface area contributed by atoms with Crippen LogP contribution in [0.25, 0.3) is 11.1 Å². The monoisotopic (exact) mass is 416 g/mol. The lowest BCUT2D eigenvalue weighted by Gasteiger charge is -2.05. The van der Waals surface area contributed by atoms with Gasteiger partial charge in [0.25, 0.3) is 0 Å². The first kappa shape index (κ1) is 21.6. The number of hydrogen-bond donors (Lipinski definition) is 0. The van der Waals surface area contributed by atoms with Crippen LogP contribution in [0.3, 0.4) is 0 Å². The van der Waals surface area contributed by atoms with Gasteiger partial charge in [0.05, 0.1) is 24.1 Å². The zero-order chi connectivity index (χ0) is 21.4. The Morgan fingerprint density at radius 1 is 0.724 bits per heavy atom. The minimum absolute atomic E-state index is 0.0211. The summed E-state index contributed by atoms with van der Waals surface area (Å²) in [6, 6.07) is 18.7. The van der Waals surface area contributed by atoms with Gasteiger partial charge in [-0.05, 0) is 29.3 Å². The van der Waals surface area contributed by atoms with E-state index in [-0.39, 0.29) is 22.9 Å². The van der Waals surface area contributed by atoms with Crippen molar-refractivity contribution in [1.82, 2.24) is 0 Å². The van der Waals surface area contributed by atoms with Gasteiger partial charge in [-0.25, -0.2) is 0 Å². The molecule has 0 fully saturated rings. The van der Waals surface area contributed by atoms with Crippen molar-refractivity contribution in [3.8, 4) is 22.6 Å². The van der Waals surface area contributed by atoms with Gasteiger partial charge in [-0.1, -0.05) is 41.9 Å². The molecule has 0 spiro atoms. The van der Waals surface area contributed by atoms with Crippen molar-refractivity contribution in [2.24, 2.45) is 0 Å². The summed E-state index contributed by atoms with van der Waals surface area (Å²) in [5.74, 6) is 0.448. The van der Waals surface area contributed by atoms with Gasteiger partial charge >= 0.3 is 11.4 Å². The predicted octanol–water partition coefficient (Wildman–Crippen LogP) is 5.53. The summed E-state index contributed by atoms with van der Waals surface area (Å²) in [6.07, 6.45) is 0. The number of benzene rings is 3. The van der Waals surface area contributed by atoms with Gasteiger partial charge in [-0.15, -0.1) is 0 Å². The van der Waals surface area contributed by atoms with Crippen LogP contribution >= 0.6 is 11.6 Å². The summed E-state index contributed by atoms with van der Waals surface area (Å²) in [5.41, 5.74) is 1.79. The van der Waals surface area contributed by atoms with E-state index >= 15 is 0 Å². The summed E-state index contributed by atoms with van der Waals surface area (Å²) < 4.78 is 9.79. The average Bonchev–Trinajstić information content (AvgIpc) is 2.73. The SMILES string of the molecule is COc1cc(-c2ccccc2)ccc1[N+](=O)[O-].COc1cc(Cl)ccc1[N+](=O)[O-]. The Hall–Kier alpha value is -3.65. The van der Waals surface area contributed by atoms with Crippen LogP contribution in [0.15, 0.2) is 66.7 Å². The Morgan fingerprint density at radius 3 is 1.76 bits per heavy atom. The van der Waals surface area contributed by atoms with Gasteiger partial charge in [0.2, 0.25) is 0 Å². The lowest BCUT2D eigenvalue weighted by atomic mass is 10.1. The molecule has 0 aromatic heterocycles. The van der Waals surface area contributed by atoms with Crippen LogP contribution in [0, 0.1) is 20.2 Å². The lowest BCUT2D eigenvalue weighted by Crippen LogP contribution is -1.93. The number of nitro benzene ring substituents is 2. The third kappa shape index (κ3) is 5.66. The van der Waals surface area contributed by atoms with Crippen LogP contribution in [0.4, 0.5) is 11.4 Å². The fourth-order valence-corrected chi connectivity index (χ4v) is 2.60. The molecular weight excluding hydrogens is 400 g/mol. The first-order valence-corrected chi connectivity index (χ1v) is 8.61. The highest BCUT2D eigenvalue weighted by Crippen LogP contribution is 2.32. The van der Waals surface area contributed by atoms with Crippen molar-refractivity contribution >= 4 is 23.0 Å². The topological polar surface area (TPSA) is 105 Å². The van der Waals surface area contributed by atoms with Crippen molar-refractivity contribution in [2.75, 3.05) is 14.2 Å². The van der Waals surface area contributed by atoms with E-state index in [1.165, 1.54) is 38.5 Å². The number of nitrogens with zero attached hydrogens (tertiary/aromatic N) is 2. The molecule has 3 rings (SSSR count). The van der Waals surface area contributed by atoms with Crippen molar-refractivity contribution in [3.63, 3.8) is 0 Å². The Kier molecular flexibility index (Phi) is 7.50. The molecular formula is C20H17ClN2O6. The van der Waals surface area contributed by atoms with E-state index in [9.17, 15) is 20.2 Å². The van der Waals surface area contributed by atoms with Crippen LogP contribution in [-0.4, -0.2) is 24.1 Å². The van der Waals surface area contributed by atoms with E-state index in [2.05, 4.69) is 0 Å². The minimum atomic E-state index is -0.519. The molecule has 0 radical (unpaired) electrons. The molecule has 3 aromatic carbocycles. The van der Waals surface area contributed by atoms with Gasteiger partial charge in [-0.3, -0.25) is 20.2 Å². The molecule has 0 saturated heterocycles. The molecule has 0 heterocycles. The van der Waals surface area contributed by atoms with E-state index in [4.69, 9.17) is 21.1 Å². The van der Waals surface area contributed by atoms with E-state index in [1.54, 1.807) is 12.1 Å². The second kappa shape index (κ2) is 10.0. The number of nitro groups is 2.